The highest BCUT2D eigenvalue weighted by molar-refractivity contribution is 14.0. The van der Waals surface area contributed by atoms with E-state index in [4.69, 9.17) is 0 Å². The van der Waals surface area contributed by atoms with Crippen LogP contribution >= 0.6 is 24.0 Å². The van der Waals surface area contributed by atoms with Crippen molar-refractivity contribution in [1.29, 1.82) is 0 Å². The van der Waals surface area contributed by atoms with Crippen molar-refractivity contribution in [2.24, 2.45) is 15.8 Å². The third-order valence-electron chi connectivity index (χ3n) is 4.78. The fraction of sp³-hybridized carbons (Fsp3) is 0.923. The SMILES string of the molecule is I.OCC1(CNC2=NCCCN2)CC2(CCC2)C1. The first-order chi connectivity index (χ1) is 8.26. The zero-order valence-corrected chi connectivity index (χ0v) is 13.2. The Morgan fingerprint density at radius 1 is 1.28 bits per heavy atom. The number of halogens is 1. The van der Waals surface area contributed by atoms with Crippen molar-refractivity contribution < 1.29 is 5.11 Å². The van der Waals surface area contributed by atoms with Gasteiger partial charge in [0, 0.05) is 25.0 Å². The molecule has 0 radical (unpaired) electrons. The van der Waals surface area contributed by atoms with Gasteiger partial charge in [-0.3, -0.25) is 4.99 Å². The molecule has 2 aliphatic carbocycles. The number of aliphatic hydroxyl groups excluding tert-OH is 1. The standard InChI is InChI=1S/C13H23N3O.HI/c17-10-13(7-12(8-13)3-1-4-12)9-16-11-14-5-2-6-15-11;/h17H,1-10H2,(H2,14,15,16);1H. The summed E-state index contributed by atoms with van der Waals surface area (Å²) in [5.41, 5.74) is 0.744. The van der Waals surface area contributed by atoms with E-state index in [0.717, 1.165) is 32.0 Å². The zero-order valence-electron chi connectivity index (χ0n) is 10.9. The van der Waals surface area contributed by atoms with Gasteiger partial charge in [-0.2, -0.15) is 0 Å². The highest BCUT2D eigenvalue weighted by atomic mass is 127. The van der Waals surface area contributed by atoms with Gasteiger partial charge in [-0.15, -0.1) is 24.0 Å². The smallest absolute Gasteiger partial charge is 0.191 e. The summed E-state index contributed by atoms with van der Waals surface area (Å²) in [4.78, 5) is 4.41. The Morgan fingerprint density at radius 2 is 2.06 bits per heavy atom. The highest BCUT2D eigenvalue weighted by Gasteiger charge is 2.56. The third-order valence-corrected chi connectivity index (χ3v) is 4.78. The molecule has 104 valence electrons. The first-order valence-electron chi connectivity index (χ1n) is 6.89. The van der Waals surface area contributed by atoms with E-state index in [-0.39, 0.29) is 29.4 Å². The summed E-state index contributed by atoms with van der Waals surface area (Å²) in [6.07, 6.45) is 7.69. The van der Waals surface area contributed by atoms with Crippen LogP contribution in [0.1, 0.15) is 38.5 Å². The van der Waals surface area contributed by atoms with Crippen LogP contribution in [0.15, 0.2) is 4.99 Å². The molecule has 0 saturated heterocycles. The van der Waals surface area contributed by atoms with Crippen molar-refractivity contribution in [3.05, 3.63) is 0 Å². The molecule has 18 heavy (non-hydrogen) atoms. The van der Waals surface area contributed by atoms with Crippen molar-refractivity contribution in [3.63, 3.8) is 0 Å². The van der Waals surface area contributed by atoms with Crippen LogP contribution in [-0.2, 0) is 0 Å². The lowest BCUT2D eigenvalue weighted by Crippen LogP contribution is -2.58. The Bertz CT molecular complexity index is 320. The molecule has 0 aromatic carbocycles. The molecule has 0 amide bonds. The normalized spacial score (nSPS) is 27.1. The Labute approximate surface area is 126 Å². The van der Waals surface area contributed by atoms with E-state index in [2.05, 4.69) is 15.6 Å². The van der Waals surface area contributed by atoms with Crippen molar-refractivity contribution in [3.8, 4) is 0 Å². The van der Waals surface area contributed by atoms with E-state index in [1.807, 2.05) is 0 Å². The van der Waals surface area contributed by atoms with Gasteiger partial charge in [0.05, 0.1) is 6.61 Å². The number of aliphatic imine (C=N–C) groups is 1. The fourth-order valence-corrected chi connectivity index (χ4v) is 3.78. The molecule has 0 unspecified atom stereocenters. The molecular formula is C13H24IN3O. The van der Waals surface area contributed by atoms with Gasteiger partial charge in [0.1, 0.15) is 0 Å². The molecule has 0 atom stereocenters. The third kappa shape index (κ3) is 2.61. The van der Waals surface area contributed by atoms with E-state index in [1.54, 1.807) is 0 Å². The predicted octanol–water partition coefficient (Wildman–Crippen LogP) is 1.49. The van der Waals surface area contributed by atoms with E-state index < -0.39 is 0 Å². The molecular weight excluding hydrogens is 341 g/mol. The number of nitrogens with zero attached hydrogens (tertiary/aromatic N) is 1. The second-order valence-electron chi connectivity index (χ2n) is 6.23. The maximum absolute atomic E-state index is 9.62. The van der Waals surface area contributed by atoms with Crippen LogP contribution in [0, 0.1) is 10.8 Å². The summed E-state index contributed by atoms with van der Waals surface area (Å²) in [6.45, 7) is 3.12. The van der Waals surface area contributed by atoms with E-state index in [1.165, 1.54) is 32.1 Å². The molecule has 3 N–H and O–H groups in total. The lowest BCUT2D eigenvalue weighted by atomic mass is 9.45. The van der Waals surface area contributed by atoms with E-state index >= 15 is 0 Å². The summed E-state index contributed by atoms with van der Waals surface area (Å²) in [5.74, 6) is 0.929. The Kier molecular flexibility index (Phi) is 4.41. The van der Waals surface area contributed by atoms with Crippen LogP contribution in [0.25, 0.3) is 0 Å². The molecule has 2 saturated carbocycles. The molecule has 2 fully saturated rings. The number of rotatable bonds is 3. The minimum absolute atomic E-state index is 0. The van der Waals surface area contributed by atoms with Gasteiger partial charge >= 0.3 is 0 Å². The molecule has 0 aromatic rings. The van der Waals surface area contributed by atoms with Gasteiger partial charge in [0.15, 0.2) is 5.96 Å². The number of hydrogen-bond acceptors (Lipinski definition) is 4. The first kappa shape index (κ1) is 14.4. The van der Waals surface area contributed by atoms with Gasteiger partial charge in [-0.1, -0.05) is 6.42 Å². The van der Waals surface area contributed by atoms with Crippen molar-refractivity contribution in [1.82, 2.24) is 10.6 Å². The van der Waals surface area contributed by atoms with Crippen molar-refractivity contribution >= 4 is 29.9 Å². The first-order valence-corrected chi connectivity index (χ1v) is 6.89. The van der Waals surface area contributed by atoms with Crippen LogP contribution in [0.2, 0.25) is 0 Å². The summed E-state index contributed by atoms with van der Waals surface area (Å²) in [5, 5.41) is 16.3. The fourth-order valence-electron chi connectivity index (χ4n) is 3.78. The Hall–Kier alpha value is -0.0400. The average molecular weight is 365 g/mol. The lowest BCUT2D eigenvalue weighted by molar-refractivity contribution is -0.117. The minimum Gasteiger partial charge on any atom is -0.396 e. The minimum atomic E-state index is 0. The summed E-state index contributed by atoms with van der Waals surface area (Å²) in [7, 11) is 0. The topological polar surface area (TPSA) is 56.6 Å². The largest absolute Gasteiger partial charge is 0.396 e. The van der Waals surface area contributed by atoms with Crippen LogP contribution in [0.4, 0.5) is 0 Å². The van der Waals surface area contributed by atoms with Crippen molar-refractivity contribution in [2.75, 3.05) is 26.2 Å². The maximum atomic E-state index is 9.62. The lowest BCUT2D eigenvalue weighted by Gasteiger charge is -2.60. The monoisotopic (exact) mass is 365 g/mol. The molecule has 5 heteroatoms. The van der Waals surface area contributed by atoms with Gasteiger partial charge in [0.25, 0.3) is 0 Å². The van der Waals surface area contributed by atoms with Gasteiger partial charge < -0.3 is 15.7 Å². The second kappa shape index (κ2) is 5.53. The number of nitrogens with one attached hydrogen (secondary N) is 2. The highest BCUT2D eigenvalue weighted by Crippen LogP contribution is 2.63. The van der Waals surface area contributed by atoms with Crippen molar-refractivity contribution in [2.45, 2.75) is 38.5 Å². The average Bonchev–Trinajstić information content (AvgIpc) is 2.28. The molecule has 0 aromatic heterocycles. The second-order valence-corrected chi connectivity index (χ2v) is 6.23. The van der Waals surface area contributed by atoms with Crippen LogP contribution in [0.5, 0.6) is 0 Å². The van der Waals surface area contributed by atoms with Gasteiger partial charge in [-0.05, 0) is 37.5 Å². The molecule has 3 rings (SSSR count). The van der Waals surface area contributed by atoms with Crippen LogP contribution in [0.3, 0.4) is 0 Å². The van der Waals surface area contributed by atoms with E-state index in [9.17, 15) is 5.11 Å². The quantitative estimate of drug-likeness (QED) is 0.665. The maximum Gasteiger partial charge on any atom is 0.191 e. The number of hydrogen-bond donors (Lipinski definition) is 3. The zero-order chi connectivity index (χ0) is 11.8. The Balaban J connectivity index is 0.00000120. The molecule has 0 bridgehead atoms. The molecule has 1 spiro atoms. The number of aliphatic hydroxyl groups is 1. The Morgan fingerprint density at radius 3 is 2.56 bits per heavy atom. The van der Waals surface area contributed by atoms with Crippen LogP contribution in [-0.4, -0.2) is 37.3 Å². The number of guanidine groups is 1. The summed E-state index contributed by atoms with van der Waals surface area (Å²) < 4.78 is 0. The summed E-state index contributed by atoms with van der Waals surface area (Å²) in [6, 6.07) is 0. The molecule has 3 aliphatic rings. The molecule has 4 nitrogen and oxygen atoms in total. The molecule has 1 aliphatic heterocycles. The van der Waals surface area contributed by atoms with Gasteiger partial charge in [-0.25, -0.2) is 0 Å². The predicted molar refractivity (Wildman–Crippen MR) is 83.4 cm³/mol. The van der Waals surface area contributed by atoms with E-state index in [0.29, 0.717) is 12.0 Å². The van der Waals surface area contributed by atoms with Gasteiger partial charge in [0.2, 0.25) is 0 Å². The molecule has 1 heterocycles. The van der Waals surface area contributed by atoms with Crippen LogP contribution < -0.4 is 10.6 Å². The summed E-state index contributed by atoms with van der Waals surface area (Å²) >= 11 is 0.